The van der Waals surface area contributed by atoms with Crippen molar-refractivity contribution in [1.29, 1.82) is 0 Å². The molecule has 2 aromatic carbocycles. The Kier molecular flexibility index (Phi) is 8.49. The van der Waals surface area contributed by atoms with Gasteiger partial charge in [-0.1, -0.05) is 61.8 Å². The third kappa shape index (κ3) is 6.66. The Morgan fingerprint density at radius 1 is 0.868 bits per heavy atom. The van der Waals surface area contributed by atoms with Crippen molar-refractivity contribution in [2.75, 3.05) is 59.3 Å². The van der Waals surface area contributed by atoms with E-state index in [1.165, 1.54) is 12.1 Å². The van der Waals surface area contributed by atoms with Gasteiger partial charge in [0.15, 0.2) is 5.11 Å². The van der Waals surface area contributed by atoms with Crippen LogP contribution in [-0.4, -0.2) is 54.3 Å². The minimum absolute atomic E-state index is 0.474. The molecule has 2 N–H and O–H groups in total. The molecule has 0 aliphatic carbocycles. The van der Waals surface area contributed by atoms with Crippen molar-refractivity contribution in [3.63, 3.8) is 0 Å². The maximum absolute atomic E-state index is 6.31. The lowest BCUT2D eigenvalue weighted by Gasteiger charge is -2.38. The fraction of sp³-hybridized carbons (Fsp3) is 0.414. The number of hydrogen-bond donors (Lipinski definition) is 2. The Hall–Kier alpha value is -3.10. The second kappa shape index (κ2) is 12.2. The Bertz CT molecular complexity index is 1220. The van der Waals surface area contributed by atoms with Crippen LogP contribution >= 0.6 is 23.8 Å². The number of benzene rings is 2. The molecule has 0 bridgehead atoms. The van der Waals surface area contributed by atoms with E-state index in [4.69, 9.17) is 33.8 Å². The molecule has 0 amide bonds. The highest BCUT2D eigenvalue weighted by Gasteiger charge is 2.25. The third-order valence-electron chi connectivity index (χ3n) is 7.24. The van der Waals surface area contributed by atoms with E-state index >= 15 is 0 Å². The maximum Gasteiger partial charge on any atom is 0.232 e. The zero-order valence-corrected chi connectivity index (χ0v) is 23.7. The highest BCUT2D eigenvalue weighted by molar-refractivity contribution is 7.80. The molecule has 2 aliphatic rings. The van der Waals surface area contributed by atoms with E-state index < -0.39 is 0 Å². The van der Waals surface area contributed by atoms with E-state index in [1.54, 1.807) is 0 Å². The topological polar surface area (TPSA) is 59.6 Å². The van der Waals surface area contributed by atoms with E-state index in [9.17, 15) is 0 Å². The third-order valence-corrected chi connectivity index (χ3v) is 7.85. The van der Waals surface area contributed by atoms with Gasteiger partial charge in [-0.2, -0.15) is 9.97 Å². The van der Waals surface area contributed by atoms with Crippen LogP contribution in [0.25, 0.3) is 0 Å². The first-order chi connectivity index (χ1) is 18.4. The Morgan fingerprint density at radius 2 is 1.47 bits per heavy atom. The number of halogens is 1. The van der Waals surface area contributed by atoms with E-state index in [-0.39, 0.29) is 0 Å². The molecule has 2 saturated heterocycles. The minimum atomic E-state index is 0.474. The number of piperidine rings is 1. The monoisotopic (exact) mass is 549 g/mol. The molecule has 0 unspecified atom stereocenters. The highest BCUT2D eigenvalue weighted by Crippen LogP contribution is 2.29. The lowest BCUT2D eigenvalue weighted by Crippen LogP contribution is -2.47. The highest BCUT2D eigenvalue weighted by atomic mass is 35.5. The van der Waals surface area contributed by atoms with E-state index in [2.05, 4.69) is 75.6 Å². The molecule has 2 aliphatic heterocycles. The number of thiocarbonyl (C=S) groups is 1. The number of aromatic nitrogens is 2. The van der Waals surface area contributed by atoms with Gasteiger partial charge >= 0.3 is 0 Å². The molecular formula is C29H36ClN7S. The fourth-order valence-corrected chi connectivity index (χ4v) is 5.81. The van der Waals surface area contributed by atoms with Gasteiger partial charge in [0.1, 0.15) is 11.6 Å². The average molecular weight is 550 g/mol. The van der Waals surface area contributed by atoms with E-state index in [0.717, 1.165) is 56.5 Å². The molecule has 3 aromatic rings. The molecule has 0 radical (unpaired) electrons. The van der Waals surface area contributed by atoms with Gasteiger partial charge in [0.25, 0.3) is 0 Å². The van der Waals surface area contributed by atoms with Crippen molar-refractivity contribution in [2.45, 2.75) is 26.8 Å². The van der Waals surface area contributed by atoms with Gasteiger partial charge in [0.05, 0.1) is 0 Å². The van der Waals surface area contributed by atoms with Crippen molar-refractivity contribution < 1.29 is 0 Å². The quantitative estimate of drug-likeness (QED) is 0.395. The summed E-state index contributed by atoms with van der Waals surface area (Å²) in [7, 11) is 0. The summed E-state index contributed by atoms with van der Waals surface area (Å²) < 4.78 is 0. The molecular weight excluding hydrogens is 514 g/mol. The lowest BCUT2D eigenvalue weighted by molar-refractivity contribution is 0.355. The normalized spacial score (nSPS) is 19.8. The first-order valence-electron chi connectivity index (χ1n) is 13.4. The second-order valence-corrected chi connectivity index (χ2v) is 11.3. The lowest BCUT2D eigenvalue weighted by atomic mass is 9.92. The number of nitrogens with zero attached hydrogens (tertiary/aromatic N) is 5. The van der Waals surface area contributed by atoms with Crippen LogP contribution in [0.1, 0.15) is 25.8 Å². The van der Waals surface area contributed by atoms with Gasteiger partial charge in [-0.3, -0.25) is 0 Å². The molecule has 1 aromatic heterocycles. The SMILES string of the molecule is C[C@@H]1C[C@H](C)CN(c2cc(N3CCN(c4ccccc4)CC3)nc(NC(=S)NCc3ccccc3Cl)n2)C1. The maximum atomic E-state index is 6.31. The van der Waals surface area contributed by atoms with Crippen LogP contribution in [0, 0.1) is 11.8 Å². The van der Waals surface area contributed by atoms with Crippen LogP contribution in [0.2, 0.25) is 5.02 Å². The molecule has 0 saturated carbocycles. The van der Waals surface area contributed by atoms with Crippen molar-refractivity contribution >= 4 is 52.2 Å². The number of anilines is 4. The molecule has 5 rings (SSSR count). The largest absolute Gasteiger partial charge is 0.368 e. The van der Waals surface area contributed by atoms with Crippen LogP contribution in [0.3, 0.4) is 0 Å². The second-order valence-electron chi connectivity index (χ2n) is 10.5. The molecule has 9 heteroatoms. The van der Waals surface area contributed by atoms with Gasteiger partial charge in [-0.15, -0.1) is 0 Å². The van der Waals surface area contributed by atoms with Crippen molar-refractivity contribution in [3.8, 4) is 0 Å². The average Bonchev–Trinajstić information content (AvgIpc) is 2.92. The van der Waals surface area contributed by atoms with Crippen molar-refractivity contribution in [1.82, 2.24) is 15.3 Å². The smallest absolute Gasteiger partial charge is 0.232 e. The van der Waals surface area contributed by atoms with Gasteiger partial charge < -0.3 is 25.3 Å². The Labute approximate surface area is 236 Å². The van der Waals surface area contributed by atoms with Crippen LogP contribution < -0.4 is 25.3 Å². The number of nitrogens with one attached hydrogen (secondary N) is 2. The predicted octanol–water partition coefficient (Wildman–Crippen LogP) is 5.43. The van der Waals surface area contributed by atoms with Crippen LogP contribution in [0.5, 0.6) is 0 Å². The summed E-state index contributed by atoms with van der Waals surface area (Å²) in [6.45, 7) is 10.8. The molecule has 2 atom stereocenters. The number of hydrogen-bond acceptors (Lipinski definition) is 6. The predicted molar refractivity (Wildman–Crippen MR) is 163 cm³/mol. The number of rotatable bonds is 6. The first-order valence-corrected chi connectivity index (χ1v) is 14.2. The standard InChI is InChI=1S/C29H36ClN7S/c1-21-16-22(2)20-37(19-21)27-17-26(36-14-12-35(13-15-36)24-9-4-3-5-10-24)32-28(33-27)34-29(38)31-18-23-8-6-7-11-25(23)30/h3-11,17,21-22H,12-16,18-20H2,1-2H3,(H2,31,32,33,34,38)/t21-,22+. The zero-order chi connectivity index (χ0) is 26.5. The van der Waals surface area contributed by atoms with Crippen LogP contribution in [-0.2, 0) is 6.54 Å². The molecule has 0 spiro atoms. The van der Waals surface area contributed by atoms with Gasteiger partial charge in [0, 0.05) is 62.6 Å². The van der Waals surface area contributed by atoms with Crippen LogP contribution in [0.4, 0.5) is 23.3 Å². The first kappa shape index (κ1) is 26.5. The van der Waals surface area contributed by atoms with Gasteiger partial charge in [0.2, 0.25) is 5.95 Å². The van der Waals surface area contributed by atoms with Gasteiger partial charge in [-0.05, 0) is 54.2 Å². The van der Waals surface area contributed by atoms with Crippen LogP contribution in [0.15, 0.2) is 60.7 Å². The summed E-state index contributed by atoms with van der Waals surface area (Å²) in [6.07, 6.45) is 1.25. The summed E-state index contributed by atoms with van der Waals surface area (Å²) in [6, 6.07) is 20.5. The summed E-state index contributed by atoms with van der Waals surface area (Å²) in [5, 5.41) is 7.67. The molecule has 200 valence electrons. The summed E-state index contributed by atoms with van der Waals surface area (Å²) in [5.74, 6) is 3.66. The fourth-order valence-electron chi connectivity index (χ4n) is 5.45. The minimum Gasteiger partial charge on any atom is -0.368 e. The van der Waals surface area contributed by atoms with Gasteiger partial charge in [-0.25, -0.2) is 0 Å². The molecule has 38 heavy (non-hydrogen) atoms. The van der Waals surface area contributed by atoms with Crippen molar-refractivity contribution in [2.24, 2.45) is 11.8 Å². The van der Waals surface area contributed by atoms with E-state index in [0.29, 0.717) is 34.5 Å². The van der Waals surface area contributed by atoms with E-state index in [1.807, 2.05) is 24.3 Å². The molecule has 2 fully saturated rings. The summed E-state index contributed by atoms with van der Waals surface area (Å²) >= 11 is 11.9. The zero-order valence-electron chi connectivity index (χ0n) is 22.1. The van der Waals surface area contributed by atoms with Crippen molar-refractivity contribution in [3.05, 3.63) is 71.2 Å². The number of para-hydroxylation sites is 1. The summed E-state index contributed by atoms with van der Waals surface area (Å²) in [5.41, 5.74) is 2.25. The molecule has 3 heterocycles. The number of piperazine rings is 1. The Balaban J connectivity index is 1.32. The molecule has 7 nitrogen and oxygen atoms in total. The summed E-state index contributed by atoms with van der Waals surface area (Å²) in [4.78, 5) is 17.0. The Morgan fingerprint density at radius 3 is 2.16 bits per heavy atom.